The van der Waals surface area contributed by atoms with E-state index < -0.39 is 12.1 Å². The molecule has 2 rings (SSSR count). The first-order valence-corrected chi connectivity index (χ1v) is 11.7. The van der Waals surface area contributed by atoms with Gasteiger partial charge in [-0.05, 0) is 30.7 Å². The highest BCUT2D eigenvalue weighted by molar-refractivity contribution is 5.95. The minimum Gasteiger partial charge on any atom is -0.450 e. The highest BCUT2D eigenvalue weighted by Gasteiger charge is 2.27. The van der Waals surface area contributed by atoms with E-state index in [4.69, 9.17) is 14.7 Å². The summed E-state index contributed by atoms with van der Waals surface area (Å²) in [4.78, 5) is 30.7. The van der Waals surface area contributed by atoms with E-state index in [2.05, 4.69) is 46.8 Å². The number of guanidine groups is 1. The number of hydrogen-bond acceptors (Lipinski definition) is 6. The zero-order chi connectivity index (χ0) is 25.4. The summed E-state index contributed by atoms with van der Waals surface area (Å²) in [7, 11) is 0. The van der Waals surface area contributed by atoms with Gasteiger partial charge in [0.25, 0.3) is 0 Å². The van der Waals surface area contributed by atoms with Gasteiger partial charge in [0.05, 0.1) is 25.9 Å². The molecular weight excluding hydrogens is 434 g/mol. The van der Waals surface area contributed by atoms with Crippen LogP contribution < -0.4 is 10.6 Å². The van der Waals surface area contributed by atoms with Gasteiger partial charge in [0.1, 0.15) is 12.6 Å². The van der Waals surface area contributed by atoms with Crippen LogP contribution in [0.25, 0.3) is 0 Å². The lowest BCUT2D eigenvalue weighted by molar-refractivity contribution is -0.122. The Balaban J connectivity index is 0.000000605. The molecular formula is C25H39N5O4. The number of aliphatic imine (C=N–C) groups is 1. The number of rotatable bonds is 6. The number of benzene rings is 1. The van der Waals surface area contributed by atoms with Gasteiger partial charge in [0.2, 0.25) is 11.9 Å². The maximum absolute atomic E-state index is 12.5. The van der Waals surface area contributed by atoms with E-state index in [9.17, 15) is 9.59 Å². The van der Waals surface area contributed by atoms with Crippen molar-refractivity contribution in [3.05, 3.63) is 35.9 Å². The number of nitrogens with one attached hydrogen (secondary N) is 2. The second kappa shape index (κ2) is 15.7. The van der Waals surface area contributed by atoms with Crippen LogP contribution in [0.3, 0.4) is 0 Å². The molecule has 2 N–H and O–H groups in total. The summed E-state index contributed by atoms with van der Waals surface area (Å²) in [5.74, 6) is -0.0639. The van der Waals surface area contributed by atoms with E-state index in [1.165, 1.54) is 5.56 Å². The highest BCUT2D eigenvalue weighted by Crippen LogP contribution is 2.23. The van der Waals surface area contributed by atoms with E-state index in [-0.39, 0.29) is 30.4 Å². The number of carbonyl (C=O) groups excluding carboxylic acids is 2. The number of ether oxygens (including phenoxy) is 2. The predicted molar refractivity (Wildman–Crippen MR) is 132 cm³/mol. The molecule has 0 unspecified atom stereocenters. The van der Waals surface area contributed by atoms with Gasteiger partial charge >= 0.3 is 6.09 Å². The monoisotopic (exact) mass is 473 g/mol. The number of morpholine rings is 1. The van der Waals surface area contributed by atoms with Crippen LogP contribution in [0.15, 0.2) is 35.3 Å². The van der Waals surface area contributed by atoms with Crippen LogP contribution in [0, 0.1) is 16.7 Å². The molecule has 0 spiro atoms. The number of nitrogens with zero attached hydrogens (tertiary/aromatic N) is 3. The van der Waals surface area contributed by atoms with Gasteiger partial charge in [-0.15, -0.1) is 0 Å². The normalized spacial score (nSPS) is 14.7. The molecule has 0 aromatic heterocycles. The van der Waals surface area contributed by atoms with Crippen LogP contribution in [0.5, 0.6) is 0 Å². The van der Waals surface area contributed by atoms with Crippen LogP contribution in [-0.2, 0) is 20.7 Å². The zero-order valence-corrected chi connectivity index (χ0v) is 21.1. The van der Waals surface area contributed by atoms with Gasteiger partial charge < -0.3 is 19.7 Å². The average Bonchev–Trinajstić information content (AvgIpc) is 2.82. The number of amides is 2. The Bertz CT molecular complexity index is 809. The summed E-state index contributed by atoms with van der Waals surface area (Å²) < 4.78 is 10.3. The summed E-state index contributed by atoms with van der Waals surface area (Å²) in [5.41, 5.74) is 1.24. The van der Waals surface area contributed by atoms with Crippen molar-refractivity contribution in [2.24, 2.45) is 10.4 Å². The zero-order valence-electron chi connectivity index (χ0n) is 21.1. The largest absolute Gasteiger partial charge is 0.450 e. The molecule has 34 heavy (non-hydrogen) atoms. The van der Waals surface area contributed by atoms with E-state index in [1.54, 1.807) is 6.92 Å². The maximum Gasteiger partial charge on any atom is 0.413 e. The topological polar surface area (TPSA) is 116 Å². The first-order valence-electron chi connectivity index (χ1n) is 11.7. The van der Waals surface area contributed by atoms with Crippen molar-refractivity contribution in [3.63, 3.8) is 0 Å². The fourth-order valence-corrected chi connectivity index (χ4v) is 3.11. The second-order valence-corrected chi connectivity index (χ2v) is 8.89. The Morgan fingerprint density at radius 1 is 1.21 bits per heavy atom. The van der Waals surface area contributed by atoms with Crippen LogP contribution in [-0.4, -0.2) is 68.4 Å². The summed E-state index contributed by atoms with van der Waals surface area (Å²) in [6, 6.07) is 11.6. The quantitative estimate of drug-likeness (QED) is 0.373. The SMILES string of the molecule is CCOC(=O)NC(=N[C@@H](CC(C)(C)C)C(=O)NCC#N)N1CCOCC1.CCc1ccccc1. The van der Waals surface area contributed by atoms with E-state index >= 15 is 0 Å². The Labute approximate surface area is 203 Å². The molecule has 1 fully saturated rings. The molecule has 0 aliphatic carbocycles. The van der Waals surface area contributed by atoms with Gasteiger partial charge in [-0.3, -0.25) is 10.1 Å². The summed E-state index contributed by atoms with van der Waals surface area (Å²) in [5, 5.41) is 13.9. The molecule has 1 aromatic rings. The van der Waals surface area contributed by atoms with Crippen molar-refractivity contribution >= 4 is 18.0 Å². The molecule has 1 aliphatic heterocycles. The lowest BCUT2D eigenvalue weighted by Gasteiger charge is -2.31. The predicted octanol–water partition coefficient (Wildman–Crippen LogP) is 3.11. The first-order chi connectivity index (χ1) is 16.2. The first kappa shape index (κ1) is 28.9. The van der Waals surface area contributed by atoms with Gasteiger partial charge in [-0.2, -0.15) is 5.26 Å². The molecule has 1 saturated heterocycles. The van der Waals surface area contributed by atoms with E-state index in [0.717, 1.165) is 6.42 Å². The molecule has 0 radical (unpaired) electrons. The molecule has 1 heterocycles. The lowest BCUT2D eigenvalue weighted by Crippen LogP contribution is -2.50. The van der Waals surface area contributed by atoms with Crippen molar-refractivity contribution < 1.29 is 19.1 Å². The van der Waals surface area contributed by atoms with E-state index in [0.29, 0.717) is 32.7 Å². The molecule has 0 saturated carbocycles. The number of alkyl carbamates (subject to hydrolysis) is 1. The molecule has 188 valence electrons. The Hall–Kier alpha value is -3.12. The van der Waals surface area contributed by atoms with Crippen LogP contribution in [0.1, 0.15) is 46.6 Å². The van der Waals surface area contributed by atoms with E-state index in [1.807, 2.05) is 37.8 Å². The van der Waals surface area contributed by atoms with Gasteiger partial charge in [-0.1, -0.05) is 58.0 Å². The molecule has 1 aromatic carbocycles. The standard InChI is InChI=1S/C17H29N5O4.C8H10/c1-5-26-16(24)21-15(22-8-10-25-11-9-22)20-13(12-17(2,3)4)14(23)19-7-6-18;1-2-8-6-4-3-5-7-8/h13H,5,7-12H2,1-4H3,(H,19,23)(H,20,21,24);3-7H,2H2,1H3/t13-;/m0./s1. The maximum atomic E-state index is 12.5. The minimum atomic E-state index is -0.733. The number of hydrogen-bond donors (Lipinski definition) is 2. The van der Waals surface area contributed by atoms with Gasteiger partial charge in [0.15, 0.2) is 0 Å². The highest BCUT2D eigenvalue weighted by atomic mass is 16.5. The molecule has 2 amide bonds. The fourth-order valence-electron chi connectivity index (χ4n) is 3.11. The molecule has 0 bridgehead atoms. The third-order valence-corrected chi connectivity index (χ3v) is 4.78. The smallest absolute Gasteiger partial charge is 0.413 e. The third kappa shape index (κ3) is 12.2. The number of nitriles is 1. The van der Waals surface area contributed by atoms with Crippen molar-refractivity contribution in [2.45, 2.75) is 53.5 Å². The van der Waals surface area contributed by atoms with Gasteiger partial charge in [0, 0.05) is 13.1 Å². The Kier molecular flexibility index (Phi) is 13.3. The summed E-state index contributed by atoms with van der Waals surface area (Å²) in [6.07, 6.45) is 0.980. The third-order valence-electron chi connectivity index (χ3n) is 4.78. The summed E-state index contributed by atoms with van der Waals surface area (Å²) >= 11 is 0. The average molecular weight is 474 g/mol. The van der Waals surface area contributed by atoms with Crippen molar-refractivity contribution in [1.29, 1.82) is 5.26 Å². The van der Waals surface area contributed by atoms with Crippen molar-refractivity contribution in [2.75, 3.05) is 39.5 Å². The molecule has 9 heteroatoms. The Morgan fingerprint density at radius 2 is 1.85 bits per heavy atom. The number of carbonyl (C=O) groups is 2. The summed E-state index contributed by atoms with van der Waals surface area (Å²) in [6.45, 7) is 12.1. The molecule has 1 atom stereocenters. The van der Waals surface area contributed by atoms with Gasteiger partial charge in [-0.25, -0.2) is 9.79 Å². The molecule has 9 nitrogen and oxygen atoms in total. The van der Waals surface area contributed by atoms with Crippen LogP contribution in [0.2, 0.25) is 0 Å². The molecule has 1 aliphatic rings. The fraction of sp³-hybridized carbons (Fsp3) is 0.600. The van der Waals surface area contributed by atoms with Crippen LogP contribution in [0.4, 0.5) is 4.79 Å². The lowest BCUT2D eigenvalue weighted by atomic mass is 9.88. The second-order valence-electron chi connectivity index (χ2n) is 8.89. The van der Waals surface area contributed by atoms with Crippen molar-refractivity contribution in [1.82, 2.24) is 15.5 Å². The Morgan fingerprint density at radius 3 is 2.35 bits per heavy atom. The minimum absolute atomic E-state index is 0.0901. The van der Waals surface area contributed by atoms with Crippen molar-refractivity contribution in [3.8, 4) is 6.07 Å². The van der Waals surface area contributed by atoms with Crippen LogP contribution >= 0.6 is 0 Å². The number of aryl methyl sites for hydroxylation is 1.